The Bertz CT molecular complexity index is 423. The lowest BCUT2D eigenvalue weighted by molar-refractivity contribution is 0.215. The summed E-state index contributed by atoms with van der Waals surface area (Å²) >= 11 is 6.04. The fourth-order valence-electron chi connectivity index (χ4n) is 2.83. The normalized spacial score (nSPS) is 20.1. The Morgan fingerprint density at radius 2 is 2.22 bits per heavy atom. The SMILES string of the molecule is ClCC1(NCCc2ccc3c(c2)CCO3)CCC1. The third-order valence-corrected chi connectivity index (χ3v) is 4.75. The van der Waals surface area contributed by atoms with E-state index in [1.54, 1.807) is 0 Å². The van der Waals surface area contributed by atoms with Crippen LogP contribution in [0, 0.1) is 0 Å². The number of alkyl halides is 1. The zero-order valence-corrected chi connectivity index (χ0v) is 11.4. The Balaban J connectivity index is 1.54. The summed E-state index contributed by atoms with van der Waals surface area (Å²) in [6.45, 7) is 1.86. The summed E-state index contributed by atoms with van der Waals surface area (Å²) in [5.74, 6) is 1.81. The lowest BCUT2D eigenvalue weighted by Crippen LogP contribution is -2.53. The van der Waals surface area contributed by atoms with E-state index in [0.29, 0.717) is 0 Å². The molecule has 1 saturated carbocycles. The van der Waals surface area contributed by atoms with Gasteiger partial charge in [-0.1, -0.05) is 12.1 Å². The van der Waals surface area contributed by atoms with Crippen molar-refractivity contribution in [2.24, 2.45) is 0 Å². The molecule has 98 valence electrons. The second-order valence-corrected chi connectivity index (χ2v) is 5.75. The van der Waals surface area contributed by atoms with Crippen molar-refractivity contribution >= 4 is 11.6 Å². The van der Waals surface area contributed by atoms with Crippen molar-refractivity contribution in [1.29, 1.82) is 0 Å². The van der Waals surface area contributed by atoms with Gasteiger partial charge in [0.15, 0.2) is 0 Å². The van der Waals surface area contributed by atoms with Crippen molar-refractivity contribution in [3.05, 3.63) is 29.3 Å². The van der Waals surface area contributed by atoms with Crippen LogP contribution in [-0.4, -0.2) is 24.6 Å². The van der Waals surface area contributed by atoms with Crippen LogP contribution in [-0.2, 0) is 12.8 Å². The zero-order chi connectivity index (χ0) is 12.4. The van der Waals surface area contributed by atoms with Gasteiger partial charge in [-0.3, -0.25) is 0 Å². The lowest BCUT2D eigenvalue weighted by atomic mass is 9.78. The fourth-order valence-corrected chi connectivity index (χ4v) is 3.19. The van der Waals surface area contributed by atoms with E-state index < -0.39 is 0 Å². The van der Waals surface area contributed by atoms with Crippen LogP contribution in [0.3, 0.4) is 0 Å². The molecule has 1 aliphatic carbocycles. The topological polar surface area (TPSA) is 21.3 Å². The number of halogens is 1. The van der Waals surface area contributed by atoms with E-state index in [9.17, 15) is 0 Å². The molecule has 1 N–H and O–H groups in total. The molecule has 0 saturated heterocycles. The lowest BCUT2D eigenvalue weighted by Gasteiger charge is -2.41. The largest absolute Gasteiger partial charge is 0.493 e. The average Bonchev–Trinajstić information content (AvgIpc) is 2.80. The van der Waals surface area contributed by atoms with Crippen LogP contribution >= 0.6 is 11.6 Å². The van der Waals surface area contributed by atoms with E-state index in [1.165, 1.54) is 30.4 Å². The molecule has 18 heavy (non-hydrogen) atoms. The van der Waals surface area contributed by atoms with Gasteiger partial charge in [-0.05, 0) is 49.4 Å². The molecule has 3 rings (SSSR count). The molecular weight excluding hydrogens is 246 g/mol. The Morgan fingerprint density at radius 3 is 2.94 bits per heavy atom. The molecule has 3 heteroatoms. The highest BCUT2D eigenvalue weighted by atomic mass is 35.5. The van der Waals surface area contributed by atoms with Gasteiger partial charge in [0.25, 0.3) is 0 Å². The summed E-state index contributed by atoms with van der Waals surface area (Å²) in [5.41, 5.74) is 3.00. The van der Waals surface area contributed by atoms with Crippen molar-refractivity contribution in [3.63, 3.8) is 0 Å². The molecular formula is C15H20ClNO. The molecule has 0 atom stereocenters. The molecule has 0 unspecified atom stereocenters. The van der Waals surface area contributed by atoms with E-state index in [2.05, 4.69) is 23.5 Å². The highest BCUT2D eigenvalue weighted by molar-refractivity contribution is 6.18. The number of rotatable bonds is 5. The van der Waals surface area contributed by atoms with E-state index in [4.69, 9.17) is 16.3 Å². The summed E-state index contributed by atoms with van der Waals surface area (Å²) in [5, 5.41) is 3.64. The maximum Gasteiger partial charge on any atom is 0.122 e. The monoisotopic (exact) mass is 265 g/mol. The quantitative estimate of drug-likeness (QED) is 0.827. The predicted octanol–water partition coefficient (Wildman–Crippen LogP) is 2.92. The summed E-state index contributed by atoms with van der Waals surface area (Å²) < 4.78 is 5.52. The molecule has 2 nitrogen and oxygen atoms in total. The molecule has 1 aromatic rings. The Labute approximate surface area is 114 Å². The maximum absolute atomic E-state index is 6.04. The van der Waals surface area contributed by atoms with Crippen molar-refractivity contribution in [3.8, 4) is 5.75 Å². The molecule has 1 aromatic carbocycles. The van der Waals surface area contributed by atoms with Crippen LogP contribution in [0.4, 0.5) is 0 Å². The summed E-state index contributed by atoms with van der Waals surface area (Å²) in [4.78, 5) is 0. The van der Waals surface area contributed by atoms with E-state index >= 15 is 0 Å². The van der Waals surface area contributed by atoms with Crippen LogP contribution in [0.25, 0.3) is 0 Å². The van der Waals surface area contributed by atoms with Crippen LogP contribution < -0.4 is 10.1 Å². The Kier molecular flexibility index (Phi) is 3.49. The molecule has 0 amide bonds. The second-order valence-electron chi connectivity index (χ2n) is 5.48. The second kappa shape index (κ2) is 5.10. The number of ether oxygens (including phenoxy) is 1. The fraction of sp³-hybridized carbons (Fsp3) is 0.600. The van der Waals surface area contributed by atoms with E-state index in [1.807, 2.05) is 0 Å². The van der Waals surface area contributed by atoms with Crippen molar-refractivity contribution in [2.45, 2.75) is 37.6 Å². The molecule has 0 spiro atoms. The smallest absolute Gasteiger partial charge is 0.122 e. The first kappa shape index (κ1) is 12.3. The van der Waals surface area contributed by atoms with Crippen LogP contribution in [0.2, 0.25) is 0 Å². The molecule has 0 aromatic heterocycles. The predicted molar refractivity (Wildman–Crippen MR) is 74.6 cm³/mol. The number of fused-ring (bicyclic) bond motifs is 1. The molecule has 1 fully saturated rings. The molecule has 1 aliphatic heterocycles. The third-order valence-electron chi connectivity index (χ3n) is 4.23. The third kappa shape index (κ3) is 2.36. The van der Waals surface area contributed by atoms with Crippen LogP contribution in [0.15, 0.2) is 18.2 Å². The summed E-state index contributed by atoms with van der Waals surface area (Å²) in [7, 11) is 0. The number of hydrogen-bond donors (Lipinski definition) is 1. The summed E-state index contributed by atoms with van der Waals surface area (Å²) in [6, 6.07) is 6.58. The zero-order valence-electron chi connectivity index (χ0n) is 10.7. The van der Waals surface area contributed by atoms with Gasteiger partial charge in [0.1, 0.15) is 5.75 Å². The maximum atomic E-state index is 6.04. The minimum atomic E-state index is 0.237. The van der Waals surface area contributed by atoms with Crippen LogP contribution in [0.5, 0.6) is 5.75 Å². The van der Waals surface area contributed by atoms with Crippen LogP contribution in [0.1, 0.15) is 30.4 Å². The first-order valence-corrected chi connectivity index (χ1v) is 7.40. The molecule has 0 bridgehead atoms. The van der Waals surface area contributed by atoms with Gasteiger partial charge < -0.3 is 10.1 Å². The van der Waals surface area contributed by atoms with Gasteiger partial charge in [-0.2, -0.15) is 0 Å². The minimum absolute atomic E-state index is 0.237. The van der Waals surface area contributed by atoms with Crippen molar-refractivity contribution < 1.29 is 4.74 Å². The van der Waals surface area contributed by atoms with Gasteiger partial charge in [-0.15, -0.1) is 11.6 Å². The number of benzene rings is 1. The summed E-state index contributed by atoms with van der Waals surface area (Å²) in [6.07, 6.45) is 5.91. The van der Waals surface area contributed by atoms with Gasteiger partial charge >= 0.3 is 0 Å². The minimum Gasteiger partial charge on any atom is -0.493 e. The molecule has 2 aliphatic rings. The average molecular weight is 266 g/mol. The standard InChI is InChI=1S/C15H20ClNO/c16-11-15(6-1-7-15)17-8-4-12-2-3-14-13(10-12)5-9-18-14/h2-3,10,17H,1,4-9,11H2. The Morgan fingerprint density at radius 1 is 1.33 bits per heavy atom. The highest BCUT2D eigenvalue weighted by Crippen LogP contribution is 2.32. The van der Waals surface area contributed by atoms with E-state index in [0.717, 1.165) is 37.6 Å². The first-order chi connectivity index (χ1) is 8.81. The first-order valence-electron chi connectivity index (χ1n) is 6.87. The van der Waals surface area contributed by atoms with Gasteiger partial charge in [-0.25, -0.2) is 0 Å². The van der Waals surface area contributed by atoms with Gasteiger partial charge in [0, 0.05) is 17.8 Å². The Hall–Kier alpha value is -0.730. The van der Waals surface area contributed by atoms with Crippen molar-refractivity contribution in [1.82, 2.24) is 5.32 Å². The molecule has 1 heterocycles. The molecule has 0 radical (unpaired) electrons. The number of nitrogens with one attached hydrogen (secondary N) is 1. The van der Waals surface area contributed by atoms with E-state index in [-0.39, 0.29) is 5.54 Å². The highest BCUT2D eigenvalue weighted by Gasteiger charge is 2.35. The van der Waals surface area contributed by atoms with Gasteiger partial charge in [0.05, 0.1) is 6.61 Å². The van der Waals surface area contributed by atoms with Gasteiger partial charge in [0.2, 0.25) is 0 Å². The van der Waals surface area contributed by atoms with Crippen molar-refractivity contribution in [2.75, 3.05) is 19.0 Å². The number of hydrogen-bond acceptors (Lipinski definition) is 2.